The summed E-state index contributed by atoms with van der Waals surface area (Å²) in [6.07, 6.45) is 4.13. The lowest BCUT2D eigenvalue weighted by Crippen LogP contribution is -2.71. The van der Waals surface area contributed by atoms with Gasteiger partial charge in [-0.25, -0.2) is 0 Å². The molecule has 2 N–H and O–H groups in total. The highest BCUT2D eigenvalue weighted by molar-refractivity contribution is 5.88. The van der Waals surface area contributed by atoms with Crippen molar-refractivity contribution < 1.29 is 9.90 Å². The molecule has 5 rings (SSSR count). The van der Waals surface area contributed by atoms with Crippen LogP contribution >= 0.6 is 0 Å². The molecule has 0 bridgehead atoms. The Morgan fingerprint density at radius 2 is 1.85 bits per heavy atom. The van der Waals surface area contributed by atoms with E-state index in [9.17, 15) is 9.90 Å². The van der Waals surface area contributed by atoms with E-state index in [2.05, 4.69) is 43.1 Å². The molecule has 1 heterocycles. The summed E-state index contributed by atoms with van der Waals surface area (Å²) in [4.78, 5) is 16.5. The number of rotatable bonds is 0. The number of aliphatic hydroxyl groups is 1. The smallest absolute Gasteiger partial charge is 0.141 e. The van der Waals surface area contributed by atoms with Crippen LogP contribution in [0, 0.1) is 16.7 Å². The van der Waals surface area contributed by atoms with Crippen LogP contribution < -0.4 is 0 Å². The van der Waals surface area contributed by atoms with E-state index in [4.69, 9.17) is 0 Å². The lowest BCUT2D eigenvalue weighted by molar-refractivity contribution is -0.233. The van der Waals surface area contributed by atoms with E-state index in [0.29, 0.717) is 12.3 Å². The van der Waals surface area contributed by atoms with E-state index in [1.165, 1.54) is 22.2 Å². The van der Waals surface area contributed by atoms with Crippen LogP contribution in [0.15, 0.2) is 24.3 Å². The summed E-state index contributed by atoms with van der Waals surface area (Å²) < 4.78 is 0. The molecule has 3 nitrogen and oxygen atoms in total. The molecule has 2 saturated carbocycles. The molecule has 138 valence electrons. The summed E-state index contributed by atoms with van der Waals surface area (Å²) in [5, 5.41) is 13.4. The third kappa shape index (κ3) is 1.51. The second kappa shape index (κ2) is 4.62. The first-order valence-electron chi connectivity index (χ1n) is 10.0. The third-order valence-corrected chi connectivity index (χ3v) is 9.10. The number of nitrogens with one attached hydrogen (secondary N) is 1. The van der Waals surface area contributed by atoms with Crippen molar-refractivity contribution >= 4 is 16.7 Å². The molecular weight excluding hydrogens is 322 g/mol. The number of hydrogen-bond acceptors (Lipinski definition) is 2. The number of hydrogen-bond donors (Lipinski definition) is 2. The maximum atomic E-state index is 12.7. The van der Waals surface area contributed by atoms with Gasteiger partial charge in [0.25, 0.3) is 0 Å². The molecule has 0 radical (unpaired) electrons. The van der Waals surface area contributed by atoms with Gasteiger partial charge in [-0.3, -0.25) is 4.79 Å². The van der Waals surface area contributed by atoms with Gasteiger partial charge in [0.05, 0.1) is 11.0 Å². The lowest BCUT2D eigenvalue weighted by atomic mass is 9.39. The zero-order valence-electron chi connectivity index (χ0n) is 16.3. The Balaban J connectivity index is 1.77. The first kappa shape index (κ1) is 16.6. The van der Waals surface area contributed by atoms with Gasteiger partial charge in [0.15, 0.2) is 0 Å². The van der Waals surface area contributed by atoms with Crippen molar-refractivity contribution in [2.75, 3.05) is 0 Å². The molecule has 26 heavy (non-hydrogen) atoms. The van der Waals surface area contributed by atoms with Gasteiger partial charge in [-0.15, -0.1) is 0 Å². The van der Waals surface area contributed by atoms with Gasteiger partial charge < -0.3 is 10.1 Å². The molecular formula is C23H29NO2. The second-order valence-electron chi connectivity index (χ2n) is 9.91. The summed E-state index contributed by atoms with van der Waals surface area (Å²) >= 11 is 0. The SMILES string of the molecule is CC1(C)C(=O)CC[C@]2(C)[C@@]3(C)c4[nH]c5ccccc5c4C[C@@H]3CC[C@@]12O. The number of carbonyl (C=O) groups is 1. The topological polar surface area (TPSA) is 53.1 Å². The largest absolute Gasteiger partial charge is 0.388 e. The second-order valence-corrected chi connectivity index (χ2v) is 9.91. The van der Waals surface area contributed by atoms with Crippen molar-refractivity contribution in [2.45, 2.75) is 70.8 Å². The summed E-state index contributed by atoms with van der Waals surface area (Å²) in [6, 6.07) is 8.56. The van der Waals surface area contributed by atoms with Crippen molar-refractivity contribution in [2.24, 2.45) is 16.7 Å². The Bertz CT molecular complexity index is 941. The number of Topliss-reactive ketones (excluding diaryl/α,β-unsaturated/α-hetero) is 1. The number of ketones is 1. The summed E-state index contributed by atoms with van der Waals surface area (Å²) in [6.45, 7) is 8.55. The number of carbonyl (C=O) groups excluding carboxylic acids is 1. The van der Waals surface area contributed by atoms with Crippen molar-refractivity contribution in [3.63, 3.8) is 0 Å². The molecule has 3 aliphatic rings. The Labute approximate surface area is 155 Å². The van der Waals surface area contributed by atoms with Gasteiger partial charge in [-0.05, 0) is 43.2 Å². The number of aromatic nitrogens is 1. The highest BCUT2D eigenvalue weighted by atomic mass is 16.3. The Hall–Kier alpha value is -1.61. The summed E-state index contributed by atoms with van der Waals surface area (Å²) in [5.74, 6) is 0.747. The predicted octanol–water partition coefficient (Wildman–Crippen LogP) is 4.52. The van der Waals surface area contributed by atoms with Gasteiger partial charge in [0.1, 0.15) is 5.78 Å². The minimum absolute atomic E-state index is 0.133. The average Bonchev–Trinajstić information content (AvgIpc) is 3.11. The maximum absolute atomic E-state index is 12.7. The highest BCUT2D eigenvalue weighted by Crippen LogP contribution is 2.70. The van der Waals surface area contributed by atoms with Crippen LogP contribution in [0.3, 0.4) is 0 Å². The van der Waals surface area contributed by atoms with E-state index >= 15 is 0 Å². The Kier molecular flexibility index (Phi) is 2.94. The van der Waals surface area contributed by atoms with Crippen LogP contribution in [-0.2, 0) is 16.6 Å². The Morgan fingerprint density at radius 1 is 1.12 bits per heavy atom. The number of H-pyrrole nitrogens is 1. The fourth-order valence-electron chi connectivity index (χ4n) is 7.09. The zero-order valence-corrected chi connectivity index (χ0v) is 16.3. The monoisotopic (exact) mass is 351 g/mol. The molecule has 0 spiro atoms. The van der Waals surface area contributed by atoms with Gasteiger partial charge in [0, 0.05) is 33.8 Å². The fraction of sp³-hybridized carbons (Fsp3) is 0.609. The highest BCUT2D eigenvalue weighted by Gasteiger charge is 2.72. The maximum Gasteiger partial charge on any atom is 0.141 e. The summed E-state index contributed by atoms with van der Waals surface area (Å²) in [5.41, 5.74) is 1.85. The molecule has 3 aliphatic carbocycles. The van der Waals surface area contributed by atoms with E-state index in [0.717, 1.165) is 25.7 Å². The molecule has 0 unspecified atom stereocenters. The third-order valence-electron chi connectivity index (χ3n) is 9.10. The lowest BCUT2D eigenvalue weighted by Gasteiger charge is -2.66. The van der Waals surface area contributed by atoms with Gasteiger partial charge in [-0.2, -0.15) is 0 Å². The zero-order chi connectivity index (χ0) is 18.5. The molecule has 2 aromatic rings. The molecule has 2 fully saturated rings. The molecule has 0 saturated heterocycles. The molecule has 1 aromatic heterocycles. The Morgan fingerprint density at radius 3 is 2.62 bits per heavy atom. The van der Waals surface area contributed by atoms with Gasteiger partial charge in [-0.1, -0.05) is 45.9 Å². The number of benzene rings is 1. The molecule has 1 aromatic carbocycles. The minimum Gasteiger partial charge on any atom is -0.388 e. The quantitative estimate of drug-likeness (QED) is 0.733. The first-order valence-corrected chi connectivity index (χ1v) is 10.0. The van der Waals surface area contributed by atoms with E-state index in [1.54, 1.807) is 0 Å². The van der Waals surface area contributed by atoms with Crippen LogP contribution in [0.2, 0.25) is 0 Å². The van der Waals surface area contributed by atoms with E-state index in [-0.39, 0.29) is 16.6 Å². The van der Waals surface area contributed by atoms with Gasteiger partial charge in [0.2, 0.25) is 0 Å². The summed E-state index contributed by atoms with van der Waals surface area (Å²) in [7, 11) is 0. The van der Waals surface area contributed by atoms with Crippen LogP contribution in [0.5, 0.6) is 0 Å². The van der Waals surface area contributed by atoms with E-state index in [1.807, 2.05) is 13.8 Å². The predicted molar refractivity (Wildman–Crippen MR) is 103 cm³/mol. The number of aromatic amines is 1. The average molecular weight is 351 g/mol. The normalized spacial score (nSPS) is 41.0. The standard InChI is InChI=1S/C23H29NO2/c1-20(2)18(25)10-11-21(3)22(4)14(9-12-23(20,21)26)13-16-15-7-5-6-8-17(15)24-19(16)22/h5-8,14,24,26H,9-13H2,1-4H3/t14-,21+,22+,23+/m0/s1. The van der Waals surface area contributed by atoms with Crippen molar-refractivity contribution in [3.8, 4) is 0 Å². The molecule has 4 atom stereocenters. The number of fused-ring (bicyclic) bond motifs is 7. The van der Waals surface area contributed by atoms with Crippen molar-refractivity contribution in [3.05, 3.63) is 35.5 Å². The van der Waals surface area contributed by atoms with Crippen molar-refractivity contribution in [1.29, 1.82) is 0 Å². The molecule has 3 heteroatoms. The van der Waals surface area contributed by atoms with Gasteiger partial charge >= 0.3 is 0 Å². The minimum atomic E-state index is -0.959. The van der Waals surface area contributed by atoms with E-state index < -0.39 is 11.0 Å². The van der Waals surface area contributed by atoms with Crippen LogP contribution in [0.25, 0.3) is 10.9 Å². The van der Waals surface area contributed by atoms with Crippen LogP contribution in [0.1, 0.15) is 64.6 Å². The first-order chi connectivity index (χ1) is 12.2. The molecule has 0 aliphatic heterocycles. The van der Waals surface area contributed by atoms with Crippen LogP contribution in [-0.4, -0.2) is 21.5 Å². The fourth-order valence-corrected chi connectivity index (χ4v) is 7.09. The molecule has 0 amide bonds. The van der Waals surface area contributed by atoms with Crippen molar-refractivity contribution in [1.82, 2.24) is 4.98 Å². The number of para-hydroxylation sites is 1. The van der Waals surface area contributed by atoms with Crippen LogP contribution in [0.4, 0.5) is 0 Å².